The van der Waals surface area contributed by atoms with Crippen molar-refractivity contribution in [1.82, 2.24) is 0 Å². The number of benzene rings is 1. The lowest BCUT2D eigenvalue weighted by atomic mass is 9.68. The molecule has 3 aliphatic rings. The fourth-order valence-corrected chi connectivity index (χ4v) is 5.57. The minimum Gasteiger partial charge on any atom is -0.493 e. The van der Waals surface area contributed by atoms with Crippen LogP contribution in [0.15, 0.2) is 35.9 Å². The molecule has 0 amide bonds. The lowest BCUT2D eigenvalue weighted by Crippen LogP contribution is -2.55. The second kappa shape index (κ2) is 11.6. The van der Waals surface area contributed by atoms with Crippen molar-refractivity contribution in [2.75, 3.05) is 41.2 Å². The first-order valence-corrected chi connectivity index (χ1v) is 12.9. The molecule has 1 aromatic carbocycles. The average molecular weight is 517 g/mol. The van der Waals surface area contributed by atoms with E-state index in [1.165, 1.54) is 11.6 Å². The molecule has 2 saturated heterocycles. The summed E-state index contributed by atoms with van der Waals surface area (Å²) >= 11 is 0. The molecule has 1 aliphatic carbocycles. The topological polar surface area (TPSA) is 88.3 Å². The zero-order valence-corrected chi connectivity index (χ0v) is 22.8. The normalized spacial score (nSPS) is 32.3. The van der Waals surface area contributed by atoms with Crippen LogP contribution < -0.4 is 9.47 Å². The van der Waals surface area contributed by atoms with Gasteiger partial charge in [-0.3, -0.25) is 0 Å². The molecule has 0 aromatic heterocycles. The maximum Gasteiger partial charge on any atom is 0.331 e. The summed E-state index contributed by atoms with van der Waals surface area (Å²) in [5.74, 6) is 0.772. The van der Waals surface area contributed by atoms with Gasteiger partial charge in [0.05, 0.1) is 32.3 Å². The number of esters is 1. The molecule has 1 spiro atoms. The number of carbonyl (C=O) groups is 1. The van der Waals surface area contributed by atoms with Gasteiger partial charge in [-0.1, -0.05) is 17.7 Å². The van der Waals surface area contributed by atoms with Crippen LogP contribution in [0.1, 0.15) is 45.6 Å². The second-order valence-electron chi connectivity index (χ2n) is 10.4. The molecule has 0 N–H and O–H groups in total. The van der Waals surface area contributed by atoms with Crippen molar-refractivity contribution in [2.45, 2.75) is 69.5 Å². The molecule has 2 aliphatic heterocycles. The summed E-state index contributed by atoms with van der Waals surface area (Å²) in [5, 5.41) is 0. The molecule has 4 rings (SSSR count). The maximum atomic E-state index is 12.8. The first-order chi connectivity index (χ1) is 17.8. The zero-order chi connectivity index (χ0) is 26.6. The van der Waals surface area contributed by atoms with Crippen LogP contribution in [0.3, 0.4) is 0 Å². The SMILES string of the molecule is COCCOc1ccc(/C=C/C(=O)O[C@@H]2CC[C@]3(CO3)C([C@]3(C)O[C@H]3CC=C(C)C)[C@@H]2OC)cc1OC. The summed E-state index contributed by atoms with van der Waals surface area (Å²) in [5.41, 5.74) is 1.45. The Morgan fingerprint density at radius 3 is 2.59 bits per heavy atom. The molecule has 0 radical (unpaired) electrons. The number of epoxide rings is 2. The Morgan fingerprint density at radius 1 is 1.16 bits per heavy atom. The Balaban J connectivity index is 1.41. The van der Waals surface area contributed by atoms with Gasteiger partial charge in [-0.25, -0.2) is 4.79 Å². The molecule has 1 saturated carbocycles. The van der Waals surface area contributed by atoms with Gasteiger partial charge in [0.15, 0.2) is 11.5 Å². The minimum atomic E-state index is -0.416. The van der Waals surface area contributed by atoms with Crippen molar-refractivity contribution < 1.29 is 38.0 Å². The van der Waals surface area contributed by atoms with Crippen molar-refractivity contribution in [3.63, 3.8) is 0 Å². The number of hydrogen-bond acceptors (Lipinski definition) is 8. The van der Waals surface area contributed by atoms with Gasteiger partial charge >= 0.3 is 5.97 Å². The van der Waals surface area contributed by atoms with Gasteiger partial charge < -0.3 is 33.2 Å². The van der Waals surface area contributed by atoms with E-state index in [4.69, 9.17) is 33.2 Å². The molecule has 1 aromatic rings. The van der Waals surface area contributed by atoms with Crippen LogP contribution in [-0.4, -0.2) is 76.6 Å². The number of ether oxygens (including phenoxy) is 7. The number of methoxy groups -OCH3 is 3. The van der Waals surface area contributed by atoms with Crippen LogP contribution in [0.4, 0.5) is 0 Å². The molecule has 3 fully saturated rings. The number of hydrogen-bond donors (Lipinski definition) is 0. The van der Waals surface area contributed by atoms with E-state index in [1.807, 2.05) is 18.2 Å². The largest absolute Gasteiger partial charge is 0.493 e. The summed E-state index contributed by atoms with van der Waals surface area (Å²) < 4.78 is 40.2. The van der Waals surface area contributed by atoms with Gasteiger partial charge in [0, 0.05) is 20.3 Å². The first-order valence-electron chi connectivity index (χ1n) is 12.9. The molecule has 2 heterocycles. The Kier molecular flexibility index (Phi) is 8.63. The minimum absolute atomic E-state index is 0.00833. The molecular formula is C29H40O8. The maximum absolute atomic E-state index is 12.8. The van der Waals surface area contributed by atoms with E-state index in [0.29, 0.717) is 37.7 Å². The molecule has 204 valence electrons. The fraction of sp³-hybridized carbons (Fsp3) is 0.621. The molecule has 6 atom stereocenters. The third kappa shape index (κ3) is 6.20. The summed E-state index contributed by atoms with van der Waals surface area (Å²) in [4.78, 5) is 12.8. The van der Waals surface area contributed by atoms with Crippen LogP contribution >= 0.6 is 0 Å². The van der Waals surface area contributed by atoms with Gasteiger partial charge in [0.25, 0.3) is 0 Å². The van der Waals surface area contributed by atoms with Gasteiger partial charge in [0.1, 0.15) is 30.0 Å². The third-order valence-electron chi connectivity index (χ3n) is 7.65. The predicted molar refractivity (Wildman–Crippen MR) is 139 cm³/mol. The number of rotatable bonds is 12. The zero-order valence-electron chi connectivity index (χ0n) is 22.8. The van der Waals surface area contributed by atoms with E-state index < -0.39 is 5.97 Å². The third-order valence-corrected chi connectivity index (χ3v) is 7.65. The molecule has 37 heavy (non-hydrogen) atoms. The van der Waals surface area contributed by atoms with E-state index in [9.17, 15) is 4.79 Å². The van der Waals surface area contributed by atoms with Crippen molar-refractivity contribution in [2.24, 2.45) is 5.92 Å². The smallest absolute Gasteiger partial charge is 0.331 e. The van der Waals surface area contributed by atoms with Crippen LogP contribution in [0.5, 0.6) is 11.5 Å². The molecule has 8 heteroatoms. The van der Waals surface area contributed by atoms with Crippen molar-refractivity contribution in [1.29, 1.82) is 0 Å². The van der Waals surface area contributed by atoms with Gasteiger partial charge in [-0.15, -0.1) is 0 Å². The lowest BCUT2D eigenvalue weighted by Gasteiger charge is -2.42. The Bertz CT molecular complexity index is 1010. The first kappa shape index (κ1) is 27.6. The van der Waals surface area contributed by atoms with E-state index in [1.54, 1.807) is 27.4 Å². The highest BCUT2D eigenvalue weighted by Crippen LogP contribution is 2.59. The second-order valence-corrected chi connectivity index (χ2v) is 10.4. The highest BCUT2D eigenvalue weighted by Gasteiger charge is 2.72. The highest BCUT2D eigenvalue weighted by molar-refractivity contribution is 5.87. The standard InChI is InChI=1S/C29H40O8/c1-19(2)7-11-24-28(3,37-24)27-26(33-6)22(13-14-29(27)18-35-29)36-25(30)12-9-20-8-10-21(23(17-20)32-5)34-16-15-31-4/h7-10,12,17,22,24,26-27H,11,13-16,18H2,1-6H3/b12-9+/t22-,24+,26-,27?,28-,29+/m1/s1. The summed E-state index contributed by atoms with van der Waals surface area (Å²) in [6, 6.07) is 5.48. The monoisotopic (exact) mass is 516 g/mol. The van der Waals surface area contributed by atoms with E-state index in [2.05, 4.69) is 26.8 Å². The van der Waals surface area contributed by atoms with Crippen LogP contribution in [-0.2, 0) is 28.5 Å². The van der Waals surface area contributed by atoms with E-state index in [0.717, 1.165) is 18.4 Å². The summed E-state index contributed by atoms with van der Waals surface area (Å²) in [7, 11) is 4.88. The molecule has 8 nitrogen and oxygen atoms in total. The van der Waals surface area contributed by atoms with Crippen LogP contribution in [0.25, 0.3) is 6.08 Å². The number of allylic oxidation sites excluding steroid dienone is 1. The Morgan fingerprint density at radius 2 is 1.95 bits per heavy atom. The summed E-state index contributed by atoms with van der Waals surface area (Å²) in [6.45, 7) is 7.91. The Labute approximate surface area is 219 Å². The Hall–Kier alpha value is -2.39. The predicted octanol–water partition coefficient (Wildman–Crippen LogP) is 4.35. The van der Waals surface area contributed by atoms with Crippen LogP contribution in [0.2, 0.25) is 0 Å². The summed E-state index contributed by atoms with van der Waals surface area (Å²) in [6.07, 6.45) is 7.13. The number of carbonyl (C=O) groups excluding carboxylic acids is 1. The average Bonchev–Trinajstić information content (AvgIpc) is 3.80. The fourth-order valence-electron chi connectivity index (χ4n) is 5.57. The molecule has 0 bridgehead atoms. The van der Waals surface area contributed by atoms with Gasteiger partial charge in [-0.05, 0) is 63.8 Å². The van der Waals surface area contributed by atoms with Gasteiger partial charge in [-0.2, -0.15) is 0 Å². The van der Waals surface area contributed by atoms with Crippen molar-refractivity contribution in [3.8, 4) is 11.5 Å². The van der Waals surface area contributed by atoms with Crippen molar-refractivity contribution >= 4 is 12.0 Å². The lowest BCUT2D eigenvalue weighted by molar-refractivity contribution is -0.166. The quantitative estimate of drug-likeness (QED) is 0.133. The van der Waals surface area contributed by atoms with Crippen molar-refractivity contribution in [3.05, 3.63) is 41.5 Å². The molecule has 1 unspecified atom stereocenters. The van der Waals surface area contributed by atoms with Gasteiger partial charge in [0.2, 0.25) is 0 Å². The highest BCUT2D eigenvalue weighted by atomic mass is 16.6. The van der Waals surface area contributed by atoms with Crippen LogP contribution in [0, 0.1) is 5.92 Å². The van der Waals surface area contributed by atoms with E-state index in [-0.39, 0.29) is 35.4 Å². The van der Waals surface area contributed by atoms with E-state index >= 15 is 0 Å². The molecular weight excluding hydrogens is 476 g/mol.